The molecule has 1 rings (SSSR count). The van der Waals surface area contributed by atoms with Gasteiger partial charge in [0, 0.05) is 19.7 Å². The van der Waals surface area contributed by atoms with Gasteiger partial charge in [0.15, 0.2) is 0 Å². The number of hydrogen-bond donors (Lipinski definition) is 2. The van der Waals surface area contributed by atoms with Crippen LogP contribution in [0.2, 0.25) is 0 Å². The predicted octanol–water partition coefficient (Wildman–Crippen LogP) is -0.796. The molecule has 0 heterocycles. The van der Waals surface area contributed by atoms with Crippen LogP contribution in [0, 0.1) is 0 Å². The van der Waals surface area contributed by atoms with E-state index >= 15 is 0 Å². The number of nitrogens with zero attached hydrogens (tertiary/aromatic N) is 1. The van der Waals surface area contributed by atoms with E-state index in [0.29, 0.717) is 25.7 Å². The number of likely N-dealkylation sites (N-methyl/N-ethyl adjacent to an activating group) is 1. The Labute approximate surface area is 90.4 Å². The number of amides is 1. The van der Waals surface area contributed by atoms with Crippen molar-refractivity contribution in [2.45, 2.75) is 25.0 Å². The smallest absolute Gasteiger partial charge is 0.234 e. The highest BCUT2D eigenvalue weighted by Gasteiger charge is 2.23. The number of hydrogen-bond acceptors (Lipinski definition) is 4. The Morgan fingerprint density at radius 1 is 1.67 bits per heavy atom. The Morgan fingerprint density at radius 3 is 2.87 bits per heavy atom. The standard InChI is InChI=1S/C10H20N2O3/c1-12(5-9(13)7-15-2)6-10(14)11-8-3-4-8/h8-9,13H,3-7H2,1-2H3,(H,11,14). The fourth-order valence-electron chi connectivity index (χ4n) is 1.42. The molecule has 0 aliphatic heterocycles. The second-order valence-corrected chi connectivity index (χ2v) is 4.15. The number of aliphatic hydroxyl groups excluding tert-OH is 1. The van der Waals surface area contributed by atoms with Gasteiger partial charge in [-0.2, -0.15) is 0 Å². The molecule has 1 aliphatic rings. The van der Waals surface area contributed by atoms with Crippen LogP contribution in [0.1, 0.15) is 12.8 Å². The minimum absolute atomic E-state index is 0.0321. The van der Waals surface area contributed by atoms with E-state index in [1.165, 1.54) is 0 Å². The minimum Gasteiger partial charge on any atom is -0.389 e. The zero-order valence-corrected chi connectivity index (χ0v) is 9.40. The summed E-state index contributed by atoms with van der Waals surface area (Å²) in [7, 11) is 3.36. The highest BCUT2D eigenvalue weighted by Crippen LogP contribution is 2.18. The maximum absolute atomic E-state index is 11.4. The van der Waals surface area contributed by atoms with Crippen molar-refractivity contribution in [2.24, 2.45) is 0 Å². The molecule has 0 aromatic carbocycles. The summed E-state index contributed by atoms with van der Waals surface area (Å²) in [5.74, 6) is 0.0321. The van der Waals surface area contributed by atoms with Gasteiger partial charge in [-0.05, 0) is 19.9 Å². The minimum atomic E-state index is -0.534. The van der Waals surface area contributed by atoms with Crippen molar-refractivity contribution in [3.05, 3.63) is 0 Å². The predicted molar refractivity (Wildman–Crippen MR) is 56.5 cm³/mol. The highest BCUT2D eigenvalue weighted by molar-refractivity contribution is 5.78. The fourth-order valence-corrected chi connectivity index (χ4v) is 1.42. The second-order valence-electron chi connectivity index (χ2n) is 4.15. The van der Waals surface area contributed by atoms with Gasteiger partial charge in [-0.1, -0.05) is 0 Å². The van der Waals surface area contributed by atoms with Crippen LogP contribution < -0.4 is 5.32 Å². The van der Waals surface area contributed by atoms with Crippen molar-refractivity contribution in [2.75, 3.05) is 33.9 Å². The van der Waals surface area contributed by atoms with E-state index in [9.17, 15) is 9.90 Å². The zero-order valence-electron chi connectivity index (χ0n) is 9.40. The number of carbonyl (C=O) groups excluding carboxylic acids is 1. The summed E-state index contributed by atoms with van der Waals surface area (Å²) < 4.78 is 4.81. The molecule has 1 unspecified atom stereocenters. The van der Waals surface area contributed by atoms with Crippen molar-refractivity contribution in [1.29, 1.82) is 0 Å². The van der Waals surface area contributed by atoms with Gasteiger partial charge in [0.05, 0.1) is 19.3 Å². The van der Waals surface area contributed by atoms with E-state index in [-0.39, 0.29) is 5.91 Å². The van der Waals surface area contributed by atoms with Gasteiger partial charge < -0.3 is 15.2 Å². The van der Waals surface area contributed by atoms with Crippen molar-refractivity contribution in [1.82, 2.24) is 10.2 Å². The molecular weight excluding hydrogens is 196 g/mol. The molecule has 15 heavy (non-hydrogen) atoms. The number of nitrogens with one attached hydrogen (secondary N) is 1. The number of aliphatic hydroxyl groups is 1. The molecule has 1 saturated carbocycles. The Balaban J connectivity index is 2.10. The number of methoxy groups -OCH3 is 1. The summed E-state index contributed by atoms with van der Waals surface area (Å²) in [4.78, 5) is 13.2. The fraction of sp³-hybridized carbons (Fsp3) is 0.900. The Kier molecular flexibility index (Phi) is 5.01. The molecule has 0 saturated heterocycles. The molecule has 0 bridgehead atoms. The molecule has 5 nitrogen and oxygen atoms in total. The summed E-state index contributed by atoms with van der Waals surface area (Å²) in [6, 6.07) is 0.398. The van der Waals surface area contributed by atoms with Crippen LogP contribution >= 0.6 is 0 Å². The third kappa shape index (κ3) is 5.71. The highest BCUT2D eigenvalue weighted by atomic mass is 16.5. The molecular formula is C10H20N2O3. The molecule has 0 radical (unpaired) electrons. The van der Waals surface area contributed by atoms with Crippen LogP contribution in [0.25, 0.3) is 0 Å². The maximum atomic E-state index is 11.4. The van der Waals surface area contributed by atoms with Gasteiger partial charge in [0.1, 0.15) is 0 Å². The molecule has 5 heteroatoms. The summed E-state index contributed by atoms with van der Waals surface area (Å²) in [6.07, 6.45) is 1.66. The monoisotopic (exact) mass is 216 g/mol. The quantitative estimate of drug-likeness (QED) is 0.585. The molecule has 88 valence electrons. The normalized spacial score (nSPS) is 17.9. The lowest BCUT2D eigenvalue weighted by Gasteiger charge is -2.19. The van der Waals surface area contributed by atoms with Crippen LogP contribution in [0.15, 0.2) is 0 Å². The molecule has 0 aromatic rings. The van der Waals surface area contributed by atoms with E-state index in [2.05, 4.69) is 5.32 Å². The largest absolute Gasteiger partial charge is 0.389 e. The molecule has 1 fully saturated rings. The van der Waals surface area contributed by atoms with E-state index < -0.39 is 6.10 Å². The molecule has 1 aliphatic carbocycles. The van der Waals surface area contributed by atoms with Crippen molar-refractivity contribution in [3.63, 3.8) is 0 Å². The molecule has 1 amide bonds. The topological polar surface area (TPSA) is 61.8 Å². The first kappa shape index (κ1) is 12.4. The first-order valence-corrected chi connectivity index (χ1v) is 5.26. The van der Waals surface area contributed by atoms with E-state index in [1.54, 1.807) is 12.0 Å². The van der Waals surface area contributed by atoms with Gasteiger partial charge in [-0.15, -0.1) is 0 Å². The van der Waals surface area contributed by atoms with Gasteiger partial charge in [-0.3, -0.25) is 9.69 Å². The van der Waals surface area contributed by atoms with Crippen LogP contribution in [-0.2, 0) is 9.53 Å². The lowest BCUT2D eigenvalue weighted by Crippen LogP contribution is -2.40. The zero-order chi connectivity index (χ0) is 11.3. The number of carbonyl (C=O) groups is 1. The molecule has 1 atom stereocenters. The van der Waals surface area contributed by atoms with Crippen LogP contribution in [0.3, 0.4) is 0 Å². The van der Waals surface area contributed by atoms with Crippen LogP contribution in [0.5, 0.6) is 0 Å². The second kappa shape index (κ2) is 6.05. The maximum Gasteiger partial charge on any atom is 0.234 e. The Bertz CT molecular complexity index is 207. The van der Waals surface area contributed by atoms with Gasteiger partial charge in [0.25, 0.3) is 0 Å². The molecule has 2 N–H and O–H groups in total. The van der Waals surface area contributed by atoms with Crippen molar-refractivity contribution in [3.8, 4) is 0 Å². The summed E-state index contributed by atoms with van der Waals surface area (Å²) >= 11 is 0. The lowest BCUT2D eigenvalue weighted by atomic mass is 10.3. The molecule has 0 spiro atoms. The van der Waals surface area contributed by atoms with Crippen molar-refractivity contribution >= 4 is 5.91 Å². The average molecular weight is 216 g/mol. The van der Waals surface area contributed by atoms with E-state index in [0.717, 1.165) is 12.8 Å². The van der Waals surface area contributed by atoms with Gasteiger partial charge in [0.2, 0.25) is 5.91 Å². The van der Waals surface area contributed by atoms with Crippen molar-refractivity contribution < 1.29 is 14.6 Å². The Hall–Kier alpha value is -0.650. The van der Waals surface area contributed by atoms with E-state index in [4.69, 9.17) is 4.74 Å². The van der Waals surface area contributed by atoms with Gasteiger partial charge in [-0.25, -0.2) is 0 Å². The third-order valence-electron chi connectivity index (χ3n) is 2.24. The lowest BCUT2D eigenvalue weighted by molar-refractivity contribution is -0.122. The molecule has 0 aromatic heterocycles. The Morgan fingerprint density at radius 2 is 2.33 bits per heavy atom. The van der Waals surface area contributed by atoms with E-state index in [1.807, 2.05) is 7.05 Å². The third-order valence-corrected chi connectivity index (χ3v) is 2.24. The summed E-state index contributed by atoms with van der Waals surface area (Å²) in [5.41, 5.74) is 0. The first-order chi connectivity index (χ1) is 7.11. The van der Waals surface area contributed by atoms with Gasteiger partial charge >= 0.3 is 0 Å². The van der Waals surface area contributed by atoms with Crippen LogP contribution in [0.4, 0.5) is 0 Å². The number of ether oxygens (including phenoxy) is 1. The SMILES string of the molecule is COCC(O)CN(C)CC(=O)NC1CC1. The number of rotatable bonds is 7. The first-order valence-electron chi connectivity index (χ1n) is 5.26. The summed E-state index contributed by atoms with van der Waals surface area (Å²) in [6.45, 7) is 1.08. The average Bonchev–Trinajstić information content (AvgIpc) is 2.87. The summed E-state index contributed by atoms with van der Waals surface area (Å²) in [5, 5.41) is 12.3. The van der Waals surface area contributed by atoms with Crippen LogP contribution in [-0.4, -0.2) is 61.9 Å².